The van der Waals surface area contributed by atoms with E-state index in [9.17, 15) is 4.79 Å². The summed E-state index contributed by atoms with van der Waals surface area (Å²) in [5.74, 6) is 0.207. The first kappa shape index (κ1) is 8.30. The van der Waals surface area contributed by atoms with Crippen molar-refractivity contribution < 1.29 is 4.79 Å². The van der Waals surface area contributed by atoms with Crippen LogP contribution in [0.15, 0.2) is 12.1 Å². The van der Waals surface area contributed by atoms with Crippen molar-refractivity contribution in [1.82, 2.24) is 0 Å². The molecule has 1 heterocycles. The fraction of sp³-hybridized carbons (Fsp3) is 0.364. The molecule has 0 spiro atoms. The van der Waals surface area contributed by atoms with Crippen LogP contribution in [0.3, 0.4) is 0 Å². The van der Waals surface area contributed by atoms with Crippen LogP contribution in [0.2, 0.25) is 0 Å². The van der Waals surface area contributed by atoms with Gasteiger partial charge in [0.25, 0.3) is 0 Å². The molecule has 67 valence electrons. The molecule has 2 nitrogen and oxygen atoms in total. The monoisotopic (exact) mass is 174 g/mol. The topological polar surface area (TPSA) is 20.3 Å². The van der Waals surface area contributed by atoms with Crippen molar-refractivity contribution in [2.24, 2.45) is 0 Å². The Morgan fingerprint density at radius 3 is 3.00 bits per heavy atom. The summed E-state index contributed by atoms with van der Waals surface area (Å²) in [5.41, 5.74) is 3.36. The molecule has 1 amide bonds. The third kappa shape index (κ3) is 1.32. The number of fused-ring (bicyclic) bond motifs is 1. The molecule has 0 aliphatic carbocycles. The standard InChI is InChI=1S/C11H12NO/c1-8-3-4-9-5-6-11(13)12(2)10(9)7-8/h4,7H,5-6H2,1-2H3. The van der Waals surface area contributed by atoms with E-state index in [0.29, 0.717) is 6.42 Å². The molecule has 1 radical (unpaired) electrons. The summed E-state index contributed by atoms with van der Waals surface area (Å²) in [6.45, 7) is 1.99. The molecule has 1 aliphatic heterocycles. The third-order valence-corrected chi connectivity index (χ3v) is 2.50. The van der Waals surface area contributed by atoms with Crippen LogP contribution in [0.5, 0.6) is 0 Å². The summed E-state index contributed by atoms with van der Waals surface area (Å²) >= 11 is 0. The van der Waals surface area contributed by atoms with Crippen LogP contribution in [-0.2, 0) is 11.2 Å². The molecule has 1 aromatic rings. The lowest BCUT2D eigenvalue weighted by Gasteiger charge is -2.25. The molecule has 1 aromatic carbocycles. The maximum atomic E-state index is 11.4. The molecule has 0 bridgehead atoms. The number of anilines is 1. The fourth-order valence-corrected chi connectivity index (χ4v) is 1.67. The molecule has 0 saturated carbocycles. The third-order valence-electron chi connectivity index (χ3n) is 2.50. The Labute approximate surface area is 78.2 Å². The summed E-state index contributed by atoms with van der Waals surface area (Å²) < 4.78 is 0. The number of hydrogen-bond acceptors (Lipinski definition) is 1. The van der Waals surface area contributed by atoms with Gasteiger partial charge < -0.3 is 4.90 Å². The van der Waals surface area contributed by atoms with Crippen LogP contribution in [-0.4, -0.2) is 13.0 Å². The smallest absolute Gasteiger partial charge is 0.227 e. The van der Waals surface area contributed by atoms with E-state index in [2.05, 4.69) is 6.07 Å². The van der Waals surface area contributed by atoms with Crippen LogP contribution >= 0.6 is 0 Å². The minimum atomic E-state index is 0.207. The van der Waals surface area contributed by atoms with Crippen molar-refractivity contribution in [3.8, 4) is 0 Å². The summed E-state index contributed by atoms with van der Waals surface area (Å²) in [7, 11) is 1.83. The van der Waals surface area contributed by atoms with Gasteiger partial charge in [-0.05, 0) is 42.7 Å². The highest BCUT2D eigenvalue weighted by Crippen LogP contribution is 2.26. The number of benzene rings is 1. The number of carbonyl (C=O) groups is 1. The Kier molecular flexibility index (Phi) is 1.83. The number of hydrogen-bond donors (Lipinski definition) is 0. The van der Waals surface area contributed by atoms with Crippen molar-refractivity contribution in [2.75, 3.05) is 11.9 Å². The first-order chi connectivity index (χ1) is 6.18. The molecule has 2 heteroatoms. The van der Waals surface area contributed by atoms with E-state index in [1.807, 2.05) is 26.1 Å². The second-order valence-corrected chi connectivity index (χ2v) is 3.48. The van der Waals surface area contributed by atoms with Crippen molar-refractivity contribution in [3.05, 3.63) is 29.3 Å². The second kappa shape index (κ2) is 2.87. The lowest BCUT2D eigenvalue weighted by atomic mass is 10.00. The molecule has 1 aliphatic rings. The van der Waals surface area contributed by atoms with E-state index in [1.165, 1.54) is 5.56 Å². The first-order valence-electron chi connectivity index (χ1n) is 4.46. The van der Waals surface area contributed by atoms with E-state index in [4.69, 9.17) is 0 Å². The quantitative estimate of drug-likeness (QED) is 0.586. The lowest BCUT2D eigenvalue weighted by Crippen LogP contribution is -2.31. The van der Waals surface area contributed by atoms with Gasteiger partial charge in [0.05, 0.1) is 0 Å². The van der Waals surface area contributed by atoms with Crippen molar-refractivity contribution in [3.63, 3.8) is 0 Å². The van der Waals surface area contributed by atoms with Gasteiger partial charge in [-0.15, -0.1) is 0 Å². The van der Waals surface area contributed by atoms with E-state index in [0.717, 1.165) is 17.7 Å². The SMILES string of the molecule is Cc1[c]cc2c(c1)N(C)C(=O)CC2. The van der Waals surface area contributed by atoms with Gasteiger partial charge in [0, 0.05) is 19.2 Å². The Morgan fingerprint density at radius 2 is 2.23 bits per heavy atom. The highest BCUT2D eigenvalue weighted by molar-refractivity contribution is 5.95. The number of rotatable bonds is 0. The molecular formula is C11H12NO. The van der Waals surface area contributed by atoms with Crippen LogP contribution < -0.4 is 4.90 Å². The van der Waals surface area contributed by atoms with Gasteiger partial charge in [0.1, 0.15) is 0 Å². The number of amides is 1. The Bertz CT molecular complexity index is 357. The van der Waals surface area contributed by atoms with Crippen LogP contribution in [0.25, 0.3) is 0 Å². The van der Waals surface area contributed by atoms with Crippen molar-refractivity contribution in [1.29, 1.82) is 0 Å². The minimum absolute atomic E-state index is 0.207. The summed E-state index contributed by atoms with van der Waals surface area (Å²) in [4.78, 5) is 13.1. The molecule has 2 rings (SSSR count). The molecule has 0 unspecified atom stereocenters. The fourth-order valence-electron chi connectivity index (χ4n) is 1.67. The van der Waals surface area contributed by atoms with E-state index >= 15 is 0 Å². The summed E-state index contributed by atoms with van der Waals surface area (Å²) in [6, 6.07) is 7.17. The molecular weight excluding hydrogens is 162 g/mol. The molecule has 0 atom stereocenters. The van der Waals surface area contributed by atoms with E-state index in [-0.39, 0.29) is 5.91 Å². The van der Waals surface area contributed by atoms with Crippen LogP contribution in [0.4, 0.5) is 5.69 Å². The Morgan fingerprint density at radius 1 is 1.46 bits per heavy atom. The Hall–Kier alpha value is -1.31. The largest absolute Gasteiger partial charge is 0.315 e. The Balaban J connectivity index is 2.51. The lowest BCUT2D eigenvalue weighted by molar-refractivity contribution is -0.118. The number of aryl methyl sites for hydroxylation is 2. The van der Waals surface area contributed by atoms with Crippen LogP contribution in [0, 0.1) is 13.0 Å². The summed E-state index contributed by atoms with van der Waals surface area (Å²) in [6.07, 6.45) is 1.48. The van der Waals surface area contributed by atoms with Crippen molar-refractivity contribution >= 4 is 11.6 Å². The molecule has 0 saturated heterocycles. The predicted molar refractivity (Wildman–Crippen MR) is 51.7 cm³/mol. The zero-order chi connectivity index (χ0) is 9.42. The van der Waals surface area contributed by atoms with Gasteiger partial charge in [-0.2, -0.15) is 0 Å². The normalized spacial score (nSPS) is 15.8. The maximum Gasteiger partial charge on any atom is 0.227 e. The average Bonchev–Trinajstić information content (AvgIpc) is 2.12. The molecule has 13 heavy (non-hydrogen) atoms. The molecule has 0 aromatic heterocycles. The minimum Gasteiger partial charge on any atom is -0.315 e. The highest BCUT2D eigenvalue weighted by Gasteiger charge is 2.20. The average molecular weight is 174 g/mol. The number of carbonyl (C=O) groups excluding carboxylic acids is 1. The van der Waals surface area contributed by atoms with Gasteiger partial charge in [-0.25, -0.2) is 0 Å². The molecule has 0 fully saturated rings. The van der Waals surface area contributed by atoms with Gasteiger partial charge in [-0.1, -0.05) is 0 Å². The van der Waals surface area contributed by atoms with Gasteiger partial charge >= 0.3 is 0 Å². The van der Waals surface area contributed by atoms with E-state index < -0.39 is 0 Å². The van der Waals surface area contributed by atoms with Gasteiger partial charge in [-0.3, -0.25) is 4.79 Å². The zero-order valence-corrected chi connectivity index (χ0v) is 7.92. The first-order valence-corrected chi connectivity index (χ1v) is 4.46. The second-order valence-electron chi connectivity index (χ2n) is 3.48. The van der Waals surface area contributed by atoms with E-state index in [1.54, 1.807) is 4.90 Å². The van der Waals surface area contributed by atoms with Crippen LogP contribution in [0.1, 0.15) is 17.5 Å². The van der Waals surface area contributed by atoms with Crippen molar-refractivity contribution in [2.45, 2.75) is 19.8 Å². The van der Waals surface area contributed by atoms with Gasteiger partial charge in [0.2, 0.25) is 5.91 Å². The van der Waals surface area contributed by atoms with Gasteiger partial charge in [0.15, 0.2) is 0 Å². The highest BCUT2D eigenvalue weighted by atomic mass is 16.2. The molecule has 0 N–H and O–H groups in total. The summed E-state index contributed by atoms with van der Waals surface area (Å²) in [5, 5.41) is 0. The number of nitrogens with zero attached hydrogens (tertiary/aromatic N) is 1. The predicted octanol–water partition coefficient (Wildman–Crippen LogP) is 1.70. The zero-order valence-electron chi connectivity index (χ0n) is 7.92. The maximum absolute atomic E-state index is 11.4.